The highest BCUT2D eigenvalue weighted by Crippen LogP contribution is 1.99. The fraction of sp³-hybridized carbons (Fsp3) is 0.600. The monoisotopic (exact) mass is 252 g/mol. The van der Waals surface area contributed by atoms with Gasteiger partial charge in [0.1, 0.15) is 0 Å². The van der Waals surface area contributed by atoms with Crippen molar-refractivity contribution in [2.45, 2.75) is 20.4 Å². The Morgan fingerprint density at radius 3 is 1.89 bits per heavy atom. The molecule has 3 nitrogen and oxygen atoms in total. The summed E-state index contributed by atoms with van der Waals surface area (Å²) < 4.78 is 0. The molecule has 0 aromatic heterocycles. The van der Waals surface area contributed by atoms with Crippen molar-refractivity contribution in [2.75, 3.05) is 40.3 Å². The third kappa shape index (κ3) is 9.16. The van der Waals surface area contributed by atoms with Gasteiger partial charge >= 0.3 is 0 Å². The predicted molar refractivity (Wildman–Crippen MR) is 78.7 cm³/mol. The van der Waals surface area contributed by atoms with Gasteiger partial charge in [0.05, 0.1) is 6.61 Å². The van der Waals surface area contributed by atoms with Crippen molar-refractivity contribution >= 4 is 0 Å². The molecule has 0 aliphatic heterocycles. The first kappa shape index (κ1) is 17.1. The molecule has 0 unspecified atom stereocenters. The first-order valence-electron chi connectivity index (χ1n) is 6.65. The summed E-state index contributed by atoms with van der Waals surface area (Å²) in [7, 11) is 4.15. The van der Waals surface area contributed by atoms with Crippen LogP contribution >= 0.6 is 0 Å². The SMILES string of the molecule is CCN(CC)CCO.CN(C)Cc1ccccc1. The van der Waals surface area contributed by atoms with Crippen molar-refractivity contribution in [3.8, 4) is 0 Å². The lowest BCUT2D eigenvalue weighted by Gasteiger charge is -2.15. The summed E-state index contributed by atoms with van der Waals surface area (Å²) in [6.07, 6.45) is 0. The zero-order valence-electron chi connectivity index (χ0n) is 12.3. The summed E-state index contributed by atoms with van der Waals surface area (Å²) in [5.74, 6) is 0. The van der Waals surface area contributed by atoms with Gasteiger partial charge in [0, 0.05) is 13.1 Å². The van der Waals surface area contributed by atoms with E-state index in [1.807, 2.05) is 6.07 Å². The molecule has 0 aliphatic rings. The topological polar surface area (TPSA) is 26.7 Å². The van der Waals surface area contributed by atoms with E-state index in [-0.39, 0.29) is 6.61 Å². The molecule has 1 aromatic rings. The van der Waals surface area contributed by atoms with Crippen molar-refractivity contribution in [1.82, 2.24) is 9.80 Å². The Morgan fingerprint density at radius 2 is 1.56 bits per heavy atom. The Kier molecular flexibility index (Phi) is 10.6. The second-order valence-electron chi connectivity index (χ2n) is 4.47. The summed E-state index contributed by atoms with van der Waals surface area (Å²) in [5, 5.41) is 8.46. The van der Waals surface area contributed by atoms with Crippen LogP contribution in [0.2, 0.25) is 0 Å². The van der Waals surface area contributed by atoms with E-state index in [1.165, 1.54) is 5.56 Å². The molecule has 0 radical (unpaired) electrons. The molecule has 0 fully saturated rings. The fourth-order valence-corrected chi connectivity index (χ4v) is 1.63. The van der Waals surface area contributed by atoms with E-state index >= 15 is 0 Å². The smallest absolute Gasteiger partial charge is 0.0558 e. The third-order valence-electron chi connectivity index (χ3n) is 2.65. The summed E-state index contributed by atoms with van der Waals surface area (Å²) in [6, 6.07) is 10.5. The molecule has 18 heavy (non-hydrogen) atoms. The van der Waals surface area contributed by atoms with E-state index in [1.54, 1.807) is 0 Å². The minimum atomic E-state index is 0.279. The van der Waals surface area contributed by atoms with Crippen molar-refractivity contribution in [3.63, 3.8) is 0 Å². The number of aliphatic hydroxyl groups excluding tert-OH is 1. The van der Waals surface area contributed by atoms with Gasteiger partial charge in [-0.2, -0.15) is 0 Å². The van der Waals surface area contributed by atoms with Crippen molar-refractivity contribution in [1.29, 1.82) is 0 Å². The summed E-state index contributed by atoms with van der Waals surface area (Å²) in [4.78, 5) is 4.34. The Hall–Kier alpha value is -0.900. The maximum atomic E-state index is 8.46. The number of rotatable bonds is 6. The van der Waals surface area contributed by atoms with Gasteiger partial charge < -0.3 is 14.9 Å². The largest absolute Gasteiger partial charge is 0.395 e. The zero-order chi connectivity index (χ0) is 13.8. The van der Waals surface area contributed by atoms with E-state index in [2.05, 4.69) is 62.0 Å². The molecular weight excluding hydrogens is 224 g/mol. The molecule has 1 N–H and O–H groups in total. The molecule has 0 atom stereocenters. The first-order chi connectivity index (χ1) is 8.63. The van der Waals surface area contributed by atoms with E-state index in [4.69, 9.17) is 5.11 Å². The fourth-order valence-electron chi connectivity index (χ4n) is 1.63. The second kappa shape index (κ2) is 11.2. The lowest BCUT2D eigenvalue weighted by molar-refractivity contribution is 0.208. The van der Waals surface area contributed by atoms with E-state index in [9.17, 15) is 0 Å². The number of benzene rings is 1. The lowest BCUT2D eigenvalue weighted by atomic mass is 10.2. The molecule has 0 bridgehead atoms. The Balaban J connectivity index is 0.000000331. The highest BCUT2D eigenvalue weighted by molar-refractivity contribution is 5.14. The Labute approximate surface area is 112 Å². The van der Waals surface area contributed by atoms with Crippen LogP contribution in [0.3, 0.4) is 0 Å². The zero-order valence-corrected chi connectivity index (χ0v) is 12.3. The van der Waals surface area contributed by atoms with Crippen LogP contribution in [-0.2, 0) is 6.54 Å². The van der Waals surface area contributed by atoms with Gasteiger partial charge in [-0.25, -0.2) is 0 Å². The maximum Gasteiger partial charge on any atom is 0.0558 e. The van der Waals surface area contributed by atoms with Gasteiger partial charge in [-0.1, -0.05) is 44.2 Å². The molecule has 0 saturated heterocycles. The molecule has 0 saturated carbocycles. The second-order valence-corrected chi connectivity index (χ2v) is 4.47. The predicted octanol–water partition coefficient (Wildman–Crippen LogP) is 2.07. The summed E-state index contributed by atoms with van der Waals surface area (Å²) >= 11 is 0. The van der Waals surface area contributed by atoms with Crippen molar-refractivity contribution in [2.24, 2.45) is 0 Å². The minimum Gasteiger partial charge on any atom is -0.395 e. The quantitative estimate of drug-likeness (QED) is 0.839. The molecule has 104 valence electrons. The number of likely N-dealkylation sites (N-methyl/N-ethyl adjacent to an activating group) is 1. The van der Waals surface area contributed by atoms with E-state index in [0.29, 0.717) is 0 Å². The van der Waals surface area contributed by atoms with Crippen LogP contribution in [0.4, 0.5) is 0 Å². The number of hydrogen-bond donors (Lipinski definition) is 1. The normalized spacial score (nSPS) is 10.4. The van der Waals surface area contributed by atoms with Crippen LogP contribution in [0.25, 0.3) is 0 Å². The number of nitrogens with zero attached hydrogens (tertiary/aromatic N) is 2. The molecule has 0 heterocycles. The van der Waals surface area contributed by atoms with Crippen LogP contribution in [0.1, 0.15) is 19.4 Å². The summed E-state index contributed by atoms with van der Waals surface area (Å²) in [6.45, 7) is 8.39. The highest BCUT2D eigenvalue weighted by Gasteiger charge is 1.93. The number of hydrogen-bond acceptors (Lipinski definition) is 3. The van der Waals surface area contributed by atoms with Gasteiger partial charge in [0.15, 0.2) is 0 Å². The molecule has 3 heteroatoms. The van der Waals surface area contributed by atoms with Gasteiger partial charge in [0.25, 0.3) is 0 Å². The average molecular weight is 252 g/mol. The highest BCUT2D eigenvalue weighted by atomic mass is 16.3. The van der Waals surface area contributed by atoms with Gasteiger partial charge in [-0.3, -0.25) is 0 Å². The van der Waals surface area contributed by atoms with Crippen LogP contribution in [0, 0.1) is 0 Å². The first-order valence-corrected chi connectivity index (χ1v) is 6.65. The van der Waals surface area contributed by atoms with Crippen molar-refractivity contribution in [3.05, 3.63) is 35.9 Å². The Bertz CT molecular complexity index is 271. The molecule has 0 amide bonds. The summed E-state index contributed by atoms with van der Waals surface area (Å²) in [5.41, 5.74) is 1.37. The molecular formula is C15H28N2O. The average Bonchev–Trinajstić information content (AvgIpc) is 2.37. The van der Waals surface area contributed by atoms with Crippen LogP contribution in [0.15, 0.2) is 30.3 Å². The lowest BCUT2D eigenvalue weighted by Crippen LogP contribution is -2.25. The number of aliphatic hydroxyl groups is 1. The van der Waals surface area contributed by atoms with Gasteiger partial charge in [-0.15, -0.1) is 0 Å². The molecule has 1 aromatic carbocycles. The third-order valence-corrected chi connectivity index (χ3v) is 2.65. The van der Waals surface area contributed by atoms with Crippen LogP contribution in [-0.4, -0.2) is 55.2 Å². The van der Waals surface area contributed by atoms with Crippen LogP contribution in [0.5, 0.6) is 0 Å². The minimum absolute atomic E-state index is 0.279. The molecule has 1 rings (SSSR count). The van der Waals surface area contributed by atoms with E-state index < -0.39 is 0 Å². The van der Waals surface area contributed by atoms with Crippen molar-refractivity contribution < 1.29 is 5.11 Å². The standard InChI is InChI=1S/C9H13N.C6H15NO/c1-10(2)8-9-6-4-3-5-7-9;1-3-7(4-2)5-6-8/h3-7H,8H2,1-2H3;8H,3-6H2,1-2H3. The molecule has 0 aliphatic carbocycles. The van der Waals surface area contributed by atoms with Gasteiger partial charge in [-0.05, 0) is 32.7 Å². The Morgan fingerprint density at radius 1 is 1.00 bits per heavy atom. The maximum absolute atomic E-state index is 8.46. The van der Waals surface area contributed by atoms with Crippen LogP contribution < -0.4 is 0 Å². The molecule has 0 spiro atoms. The van der Waals surface area contributed by atoms with E-state index in [0.717, 1.165) is 26.2 Å². The van der Waals surface area contributed by atoms with Gasteiger partial charge in [0.2, 0.25) is 0 Å².